The average molecular weight is 393 g/mol. The van der Waals surface area contributed by atoms with Crippen LogP contribution in [0.5, 0.6) is 0 Å². The van der Waals surface area contributed by atoms with Crippen LogP contribution in [0.2, 0.25) is 0 Å². The quantitative estimate of drug-likeness (QED) is 0.785. The number of amides is 3. The molecule has 6 nitrogen and oxygen atoms in total. The van der Waals surface area contributed by atoms with Crippen molar-refractivity contribution < 1.29 is 14.3 Å². The van der Waals surface area contributed by atoms with Gasteiger partial charge in [0.2, 0.25) is 5.91 Å². The van der Waals surface area contributed by atoms with Gasteiger partial charge < -0.3 is 14.5 Å². The number of benzene rings is 2. The summed E-state index contributed by atoms with van der Waals surface area (Å²) < 4.78 is 5.92. The Morgan fingerprint density at radius 1 is 1.10 bits per heavy atom. The van der Waals surface area contributed by atoms with E-state index >= 15 is 0 Å². The van der Waals surface area contributed by atoms with Crippen molar-refractivity contribution in [3.63, 3.8) is 0 Å². The molecular formula is C23H27N3O3. The van der Waals surface area contributed by atoms with Gasteiger partial charge in [0.05, 0.1) is 12.7 Å². The van der Waals surface area contributed by atoms with Crippen LogP contribution in [0.25, 0.3) is 0 Å². The lowest BCUT2D eigenvalue weighted by Gasteiger charge is -2.29. The molecule has 1 atom stereocenters. The third-order valence-electron chi connectivity index (χ3n) is 5.71. The molecule has 0 radical (unpaired) electrons. The van der Waals surface area contributed by atoms with E-state index in [1.54, 1.807) is 21.7 Å². The van der Waals surface area contributed by atoms with Crippen LogP contribution in [0.1, 0.15) is 16.7 Å². The van der Waals surface area contributed by atoms with Gasteiger partial charge in [-0.15, -0.1) is 0 Å². The van der Waals surface area contributed by atoms with Crippen LogP contribution >= 0.6 is 0 Å². The molecular weight excluding hydrogens is 366 g/mol. The Kier molecular flexibility index (Phi) is 5.53. The highest BCUT2D eigenvalue weighted by molar-refractivity contribution is 5.96. The van der Waals surface area contributed by atoms with Crippen LogP contribution in [-0.2, 0) is 22.6 Å². The first-order chi connectivity index (χ1) is 14.0. The zero-order chi connectivity index (χ0) is 20.4. The third-order valence-corrected chi connectivity index (χ3v) is 5.71. The molecule has 2 aromatic carbocycles. The molecule has 1 saturated heterocycles. The Bertz CT molecular complexity index is 896. The smallest absolute Gasteiger partial charge is 0.325 e. The number of likely N-dealkylation sites (N-methyl/N-ethyl adjacent to an activating group) is 1. The van der Waals surface area contributed by atoms with Crippen LogP contribution in [0, 0.1) is 6.92 Å². The van der Waals surface area contributed by atoms with E-state index in [0.29, 0.717) is 26.2 Å². The largest absolute Gasteiger partial charge is 0.371 e. The molecule has 2 aromatic rings. The van der Waals surface area contributed by atoms with Gasteiger partial charge in [-0.1, -0.05) is 42.0 Å². The van der Waals surface area contributed by atoms with Gasteiger partial charge in [-0.2, -0.15) is 0 Å². The monoisotopic (exact) mass is 393 g/mol. The van der Waals surface area contributed by atoms with E-state index in [1.807, 2.05) is 43.3 Å². The Balaban J connectivity index is 1.31. The van der Waals surface area contributed by atoms with Gasteiger partial charge in [0, 0.05) is 38.8 Å². The van der Waals surface area contributed by atoms with Gasteiger partial charge in [0.1, 0.15) is 6.54 Å². The summed E-state index contributed by atoms with van der Waals surface area (Å²) in [7, 11) is 1.78. The van der Waals surface area contributed by atoms with Crippen LogP contribution in [0.3, 0.4) is 0 Å². The predicted octanol–water partition coefficient (Wildman–Crippen LogP) is 2.84. The average Bonchev–Trinajstić information content (AvgIpc) is 3.08. The molecule has 6 heteroatoms. The van der Waals surface area contributed by atoms with E-state index in [9.17, 15) is 9.59 Å². The fourth-order valence-corrected chi connectivity index (χ4v) is 3.91. The molecule has 0 aromatic heterocycles. The molecule has 2 aliphatic rings. The molecule has 0 spiro atoms. The van der Waals surface area contributed by atoms with Crippen molar-refractivity contribution in [1.29, 1.82) is 0 Å². The molecule has 4 rings (SSSR count). The number of rotatable bonds is 5. The minimum atomic E-state index is -0.113. The van der Waals surface area contributed by atoms with E-state index in [0.717, 1.165) is 17.7 Å². The summed E-state index contributed by atoms with van der Waals surface area (Å²) in [6.07, 6.45) is 0.787. The maximum atomic E-state index is 12.7. The second-order valence-corrected chi connectivity index (χ2v) is 7.87. The molecule has 29 heavy (non-hydrogen) atoms. The van der Waals surface area contributed by atoms with Crippen molar-refractivity contribution in [3.05, 3.63) is 65.2 Å². The van der Waals surface area contributed by atoms with E-state index in [4.69, 9.17) is 4.74 Å². The first kappa shape index (κ1) is 19.5. The lowest BCUT2D eigenvalue weighted by atomic mass is 9.99. The fourth-order valence-electron chi connectivity index (χ4n) is 3.91. The van der Waals surface area contributed by atoms with E-state index in [1.165, 1.54) is 11.1 Å². The molecule has 0 aliphatic carbocycles. The molecule has 2 aliphatic heterocycles. The van der Waals surface area contributed by atoms with Crippen LogP contribution in [0.15, 0.2) is 48.5 Å². The minimum Gasteiger partial charge on any atom is -0.371 e. The molecule has 152 valence electrons. The normalized spacial score (nSPS) is 18.7. The van der Waals surface area contributed by atoms with Crippen molar-refractivity contribution in [3.8, 4) is 0 Å². The topological polar surface area (TPSA) is 53.1 Å². The van der Waals surface area contributed by atoms with Crippen molar-refractivity contribution in [2.75, 3.05) is 38.1 Å². The predicted molar refractivity (Wildman–Crippen MR) is 112 cm³/mol. The molecule has 0 bridgehead atoms. The maximum Gasteiger partial charge on any atom is 0.325 e. The zero-order valence-corrected chi connectivity index (χ0v) is 17.0. The number of hydrogen-bond donors (Lipinski definition) is 0. The number of nitrogens with zero attached hydrogens (tertiary/aromatic N) is 3. The summed E-state index contributed by atoms with van der Waals surface area (Å²) in [5, 5.41) is 0. The van der Waals surface area contributed by atoms with E-state index in [2.05, 4.69) is 12.1 Å². The first-order valence-electron chi connectivity index (χ1n) is 10.1. The highest BCUT2D eigenvalue weighted by Crippen LogP contribution is 2.22. The highest BCUT2D eigenvalue weighted by atomic mass is 16.5. The lowest BCUT2D eigenvalue weighted by molar-refractivity contribution is -0.132. The Hall–Kier alpha value is -2.86. The van der Waals surface area contributed by atoms with Crippen molar-refractivity contribution >= 4 is 17.6 Å². The number of carbonyl (C=O) groups excluding carboxylic acids is 2. The number of aryl methyl sites for hydroxylation is 1. The van der Waals surface area contributed by atoms with Gasteiger partial charge in [0.15, 0.2) is 0 Å². The van der Waals surface area contributed by atoms with Gasteiger partial charge in [-0.25, -0.2) is 4.79 Å². The highest BCUT2D eigenvalue weighted by Gasteiger charge is 2.32. The summed E-state index contributed by atoms with van der Waals surface area (Å²) in [6, 6.07) is 16.0. The molecule has 1 fully saturated rings. The number of ether oxygens (including phenoxy) is 1. The summed E-state index contributed by atoms with van der Waals surface area (Å²) in [4.78, 5) is 30.5. The summed E-state index contributed by atoms with van der Waals surface area (Å²) >= 11 is 0. The summed E-state index contributed by atoms with van der Waals surface area (Å²) in [5.74, 6) is -0.0634. The zero-order valence-electron chi connectivity index (χ0n) is 17.0. The van der Waals surface area contributed by atoms with Gasteiger partial charge in [0.25, 0.3) is 0 Å². The second kappa shape index (κ2) is 8.25. The van der Waals surface area contributed by atoms with Crippen LogP contribution < -0.4 is 4.90 Å². The van der Waals surface area contributed by atoms with Crippen molar-refractivity contribution in [2.45, 2.75) is 26.1 Å². The van der Waals surface area contributed by atoms with Gasteiger partial charge in [-0.3, -0.25) is 9.69 Å². The molecule has 0 N–H and O–H groups in total. The van der Waals surface area contributed by atoms with E-state index < -0.39 is 0 Å². The number of fused-ring (bicyclic) bond motifs is 1. The summed E-state index contributed by atoms with van der Waals surface area (Å²) in [6.45, 7) is 4.38. The third kappa shape index (κ3) is 4.27. The summed E-state index contributed by atoms with van der Waals surface area (Å²) in [5.41, 5.74) is 4.53. The standard InChI is InChI=1S/C23H27N3O3/c1-17-7-9-20(10-8-17)26-12-11-25(23(26)28)15-22(27)24(2)14-21-13-18-5-3-4-6-19(18)16-29-21/h3-10,21H,11-16H2,1-2H3. The Morgan fingerprint density at radius 3 is 2.59 bits per heavy atom. The van der Waals surface area contributed by atoms with Gasteiger partial charge >= 0.3 is 6.03 Å². The lowest BCUT2D eigenvalue weighted by Crippen LogP contribution is -2.44. The van der Waals surface area contributed by atoms with Crippen LogP contribution in [-0.4, -0.2) is 61.1 Å². The number of anilines is 1. The number of carbonyl (C=O) groups is 2. The van der Waals surface area contributed by atoms with Crippen LogP contribution in [0.4, 0.5) is 10.5 Å². The Labute approximate surface area is 171 Å². The molecule has 3 amide bonds. The number of hydrogen-bond acceptors (Lipinski definition) is 3. The minimum absolute atomic E-state index is 0.0165. The SMILES string of the molecule is Cc1ccc(N2CCN(CC(=O)N(C)CC3Cc4ccccc4CO3)C2=O)cc1. The first-order valence-corrected chi connectivity index (χ1v) is 10.1. The second-order valence-electron chi connectivity index (χ2n) is 7.87. The fraction of sp³-hybridized carbons (Fsp3) is 0.391. The van der Waals surface area contributed by atoms with Crippen molar-refractivity contribution in [2.24, 2.45) is 0 Å². The Morgan fingerprint density at radius 2 is 1.83 bits per heavy atom. The van der Waals surface area contributed by atoms with Crippen molar-refractivity contribution in [1.82, 2.24) is 9.80 Å². The maximum absolute atomic E-state index is 12.7. The molecule has 2 heterocycles. The van der Waals surface area contributed by atoms with Gasteiger partial charge in [-0.05, 0) is 30.2 Å². The molecule has 0 saturated carbocycles. The number of urea groups is 1. The van der Waals surface area contributed by atoms with E-state index in [-0.39, 0.29) is 24.6 Å². The molecule has 1 unspecified atom stereocenters.